The molecule has 0 unspecified atom stereocenters. The molecule has 0 aliphatic carbocycles. The Morgan fingerprint density at radius 2 is 1.67 bits per heavy atom. The van der Waals surface area contributed by atoms with Gasteiger partial charge in [0.25, 0.3) is 0 Å². The lowest BCUT2D eigenvalue weighted by atomic mass is 9.99. The van der Waals surface area contributed by atoms with Crippen molar-refractivity contribution < 1.29 is 58.8 Å². The molecule has 3 aromatic rings. The van der Waals surface area contributed by atoms with Crippen molar-refractivity contribution >= 4 is 16.9 Å². The molecule has 13 nitrogen and oxygen atoms in total. The highest BCUT2D eigenvalue weighted by Crippen LogP contribution is 2.39. The average molecular weight is 506 g/mol. The molecule has 192 valence electrons. The molecule has 1 fully saturated rings. The Bertz CT molecular complexity index is 1360. The third-order valence-corrected chi connectivity index (χ3v) is 5.60. The number of benzene rings is 2. The van der Waals surface area contributed by atoms with Gasteiger partial charge in [-0.15, -0.1) is 0 Å². The van der Waals surface area contributed by atoms with Gasteiger partial charge in [0.05, 0.1) is 14.2 Å². The molecule has 4 rings (SSSR count). The van der Waals surface area contributed by atoms with Crippen molar-refractivity contribution in [2.75, 3.05) is 14.2 Å². The van der Waals surface area contributed by atoms with Crippen LogP contribution < -0.4 is 14.9 Å². The Morgan fingerprint density at radius 3 is 2.33 bits per heavy atom. The molecule has 6 N–H and O–H groups in total. The number of aliphatic hydroxyl groups is 3. The first-order valence-electron chi connectivity index (χ1n) is 10.4. The molecule has 1 aliphatic rings. The number of rotatable bonds is 5. The molecule has 1 saturated heterocycles. The highest BCUT2D eigenvalue weighted by atomic mass is 16.7. The largest absolute Gasteiger partial charge is 0.508 e. The summed E-state index contributed by atoms with van der Waals surface area (Å²) in [5.41, 5.74) is -1.08. The zero-order chi connectivity index (χ0) is 26.3. The van der Waals surface area contributed by atoms with Gasteiger partial charge in [-0.25, -0.2) is 4.79 Å². The Morgan fingerprint density at radius 1 is 0.944 bits per heavy atom. The van der Waals surface area contributed by atoms with Crippen LogP contribution in [0.15, 0.2) is 39.5 Å². The third-order valence-electron chi connectivity index (χ3n) is 5.60. The molecule has 1 aromatic heterocycles. The minimum Gasteiger partial charge on any atom is -0.508 e. The van der Waals surface area contributed by atoms with Gasteiger partial charge in [0.1, 0.15) is 40.8 Å². The number of methoxy groups -OCH3 is 2. The van der Waals surface area contributed by atoms with Crippen LogP contribution in [0.1, 0.15) is 0 Å². The molecule has 0 spiro atoms. The number of esters is 1. The van der Waals surface area contributed by atoms with E-state index in [1.165, 1.54) is 25.3 Å². The lowest BCUT2D eigenvalue weighted by Crippen LogP contribution is -2.61. The zero-order valence-corrected chi connectivity index (χ0v) is 18.8. The number of ether oxygens (including phenoxy) is 4. The van der Waals surface area contributed by atoms with Crippen LogP contribution >= 0.6 is 0 Å². The first-order chi connectivity index (χ1) is 17.1. The summed E-state index contributed by atoms with van der Waals surface area (Å²) < 4.78 is 26.3. The highest BCUT2D eigenvalue weighted by molar-refractivity contribution is 5.88. The predicted octanol–water partition coefficient (Wildman–Crippen LogP) is -0.0552. The van der Waals surface area contributed by atoms with E-state index in [0.717, 1.165) is 19.2 Å². The van der Waals surface area contributed by atoms with Gasteiger partial charge in [-0.05, 0) is 18.2 Å². The van der Waals surface area contributed by atoms with Crippen LogP contribution in [0.25, 0.3) is 22.3 Å². The lowest BCUT2D eigenvalue weighted by Gasteiger charge is -2.38. The minimum atomic E-state index is -1.94. The zero-order valence-electron chi connectivity index (χ0n) is 18.8. The van der Waals surface area contributed by atoms with Gasteiger partial charge < -0.3 is 54.0 Å². The molecule has 36 heavy (non-hydrogen) atoms. The Kier molecular flexibility index (Phi) is 6.65. The van der Waals surface area contributed by atoms with Crippen molar-refractivity contribution in [1.82, 2.24) is 0 Å². The third kappa shape index (κ3) is 4.24. The maximum absolute atomic E-state index is 13.4. The van der Waals surface area contributed by atoms with Crippen LogP contribution in [0, 0.1) is 0 Å². The van der Waals surface area contributed by atoms with E-state index < -0.39 is 64.7 Å². The van der Waals surface area contributed by atoms with Gasteiger partial charge in [0.2, 0.25) is 17.5 Å². The number of hydrogen-bond acceptors (Lipinski definition) is 13. The predicted molar refractivity (Wildman–Crippen MR) is 119 cm³/mol. The molecular formula is C23H22O13. The number of fused-ring (bicyclic) bond motifs is 1. The van der Waals surface area contributed by atoms with Crippen LogP contribution in [0.4, 0.5) is 0 Å². The van der Waals surface area contributed by atoms with E-state index in [-0.39, 0.29) is 28.4 Å². The van der Waals surface area contributed by atoms with Gasteiger partial charge in [0, 0.05) is 17.7 Å². The van der Waals surface area contributed by atoms with Crippen LogP contribution in [0.2, 0.25) is 0 Å². The summed E-state index contributed by atoms with van der Waals surface area (Å²) in [5.74, 6) is -3.30. The summed E-state index contributed by atoms with van der Waals surface area (Å²) in [6.45, 7) is 0. The van der Waals surface area contributed by atoms with Crippen LogP contribution in [0.3, 0.4) is 0 Å². The SMILES string of the molecule is COC(=O)[C@H]1O[C@@H](Oc2c(-c3ccc(O)c(OC)c3)oc3cc(O)cc(O)c3c2=O)[C@H](O)[C@@H](O)[C@@H]1O. The fourth-order valence-corrected chi connectivity index (χ4v) is 3.76. The fraction of sp³-hybridized carbons (Fsp3) is 0.304. The molecule has 0 radical (unpaired) electrons. The van der Waals surface area contributed by atoms with Gasteiger partial charge in [-0.3, -0.25) is 4.79 Å². The number of aliphatic hydroxyl groups excluding tert-OH is 3. The summed E-state index contributed by atoms with van der Waals surface area (Å²) in [6, 6.07) is 5.84. The van der Waals surface area contributed by atoms with Crippen molar-refractivity contribution in [2.24, 2.45) is 0 Å². The van der Waals surface area contributed by atoms with E-state index in [2.05, 4.69) is 4.74 Å². The monoisotopic (exact) mass is 506 g/mol. The smallest absolute Gasteiger partial charge is 0.337 e. The standard InChI is InChI=1S/C23H22O13/c1-32-12-5-8(3-4-10(12)25)19-20(15(27)14-11(26)6-9(24)7-13(14)34-19)35-23-18(30)16(28)17(29)21(36-23)22(31)33-2/h3-7,16-18,21,23-26,28-30H,1-2H3/t16-,17-,18+,21-,23+/m0/s1. The maximum Gasteiger partial charge on any atom is 0.337 e. The van der Waals surface area contributed by atoms with E-state index >= 15 is 0 Å². The first-order valence-corrected chi connectivity index (χ1v) is 10.4. The van der Waals surface area contributed by atoms with Crippen LogP contribution in [0.5, 0.6) is 28.7 Å². The molecule has 0 amide bonds. The summed E-state index contributed by atoms with van der Waals surface area (Å²) in [5, 5.41) is 60.4. The second-order valence-corrected chi connectivity index (χ2v) is 7.85. The van der Waals surface area contributed by atoms with E-state index in [9.17, 15) is 40.2 Å². The maximum atomic E-state index is 13.4. The van der Waals surface area contributed by atoms with Gasteiger partial charge >= 0.3 is 5.97 Å². The molecule has 0 saturated carbocycles. The van der Waals surface area contributed by atoms with E-state index in [1.54, 1.807) is 0 Å². The fourth-order valence-electron chi connectivity index (χ4n) is 3.76. The lowest BCUT2D eigenvalue weighted by molar-refractivity contribution is -0.272. The quantitative estimate of drug-likeness (QED) is 0.251. The average Bonchev–Trinajstić information content (AvgIpc) is 2.84. The molecular weight excluding hydrogens is 484 g/mol. The van der Waals surface area contributed by atoms with Crippen molar-refractivity contribution in [3.05, 3.63) is 40.6 Å². The van der Waals surface area contributed by atoms with Crippen molar-refractivity contribution in [1.29, 1.82) is 0 Å². The molecule has 5 atom stereocenters. The van der Waals surface area contributed by atoms with Crippen LogP contribution in [-0.4, -0.2) is 81.5 Å². The highest BCUT2D eigenvalue weighted by Gasteiger charge is 2.49. The van der Waals surface area contributed by atoms with Crippen molar-refractivity contribution in [3.63, 3.8) is 0 Å². The summed E-state index contributed by atoms with van der Waals surface area (Å²) in [7, 11) is 2.30. The Balaban J connectivity index is 1.90. The van der Waals surface area contributed by atoms with Crippen LogP contribution in [-0.2, 0) is 14.3 Å². The molecule has 2 heterocycles. The molecule has 1 aliphatic heterocycles. The van der Waals surface area contributed by atoms with E-state index in [4.69, 9.17) is 18.6 Å². The van der Waals surface area contributed by atoms with Gasteiger partial charge in [-0.2, -0.15) is 0 Å². The number of aromatic hydroxyl groups is 3. The summed E-state index contributed by atoms with van der Waals surface area (Å²) >= 11 is 0. The molecule has 2 aromatic carbocycles. The number of hydrogen-bond donors (Lipinski definition) is 6. The topological polar surface area (TPSA) is 206 Å². The van der Waals surface area contributed by atoms with Crippen molar-refractivity contribution in [3.8, 4) is 40.1 Å². The molecule has 13 heteroatoms. The summed E-state index contributed by atoms with van der Waals surface area (Å²) in [4.78, 5) is 25.4. The second-order valence-electron chi connectivity index (χ2n) is 7.85. The van der Waals surface area contributed by atoms with Gasteiger partial charge in [-0.1, -0.05) is 0 Å². The minimum absolute atomic E-state index is 0.00166. The first kappa shape index (κ1) is 25.1. The number of carbonyl (C=O) groups is 1. The van der Waals surface area contributed by atoms with E-state index in [0.29, 0.717) is 0 Å². The van der Waals surface area contributed by atoms with Gasteiger partial charge in [0.15, 0.2) is 23.4 Å². The second kappa shape index (κ2) is 9.54. The van der Waals surface area contributed by atoms with Crippen molar-refractivity contribution in [2.45, 2.75) is 30.7 Å². The van der Waals surface area contributed by atoms with E-state index in [1.807, 2.05) is 0 Å². The number of carbonyl (C=O) groups excluding carboxylic acids is 1. The normalized spacial score (nSPS) is 23.9. The number of phenols is 3. The number of phenolic OH excluding ortho intramolecular Hbond substituents is 3. The Labute approximate surface area is 201 Å². The Hall–Kier alpha value is -4.04. The molecule has 0 bridgehead atoms. The summed E-state index contributed by atoms with van der Waals surface area (Å²) in [6.07, 6.45) is -9.39.